The zero-order valence-corrected chi connectivity index (χ0v) is 16.0. The van der Waals surface area contributed by atoms with Gasteiger partial charge in [0.05, 0.1) is 6.42 Å². The molecule has 0 aliphatic carbocycles. The van der Waals surface area contributed by atoms with E-state index >= 15 is 0 Å². The number of fused-ring (bicyclic) bond motifs is 1. The molecule has 140 valence electrons. The van der Waals surface area contributed by atoms with Crippen LogP contribution >= 0.6 is 0 Å². The quantitative estimate of drug-likeness (QED) is 0.691. The molecule has 0 spiro atoms. The van der Waals surface area contributed by atoms with Gasteiger partial charge in [-0.1, -0.05) is 24.3 Å². The average Bonchev–Trinajstić information content (AvgIpc) is 2.98. The van der Waals surface area contributed by atoms with Gasteiger partial charge in [0.25, 0.3) is 5.91 Å². The van der Waals surface area contributed by atoms with E-state index in [2.05, 4.69) is 10.3 Å². The van der Waals surface area contributed by atoms with Crippen LogP contribution < -0.4 is 5.32 Å². The first-order valence-corrected chi connectivity index (χ1v) is 9.28. The molecule has 0 saturated carbocycles. The van der Waals surface area contributed by atoms with Gasteiger partial charge >= 0.3 is 0 Å². The van der Waals surface area contributed by atoms with Crippen molar-refractivity contribution in [3.8, 4) is 0 Å². The fraction of sp³-hybridized carbons (Fsp3) is 0.273. The molecule has 0 aliphatic heterocycles. The Bertz CT molecular complexity index is 971. The molecule has 27 heavy (non-hydrogen) atoms. The van der Waals surface area contributed by atoms with Crippen molar-refractivity contribution in [3.63, 3.8) is 0 Å². The van der Waals surface area contributed by atoms with Crippen LogP contribution in [0.4, 0.5) is 5.69 Å². The summed E-state index contributed by atoms with van der Waals surface area (Å²) in [5, 5.41) is 3.98. The fourth-order valence-corrected chi connectivity index (χ4v) is 3.35. The summed E-state index contributed by atoms with van der Waals surface area (Å²) >= 11 is 0. The minimum Gasteiger partial charge on any atom is -0.358 e. The molecule has 5 nitrogen and oxygen atoms in total. The molecule has 1 heterocycles. The number of rotatable bonds is 6. The lowest BCUT2D eigenvalue weighted by Crippen LogP contribution is -2.30. The molecule has 3 rings (SSSR count). The van der Waals surface area contributed by atoms with Crippen LogP contribution in [0.1, 0.15) is 35.5 Å². The summed E-state index contributed by atoms with van der Waals surface area (Å²) in [6.07, 6.45) is 0.282. The molecule has 2 amide bonds. The summed E-state index contributed by atoms with van der Waals surface area (Å²) < 4.78 is 0. The van der Waals surface area contributed by atoms with E-state index in [9.17, 15) is 9.59 Å². The minimum atomic E-state index is -0.102. The molecule has 5 heteroatoms. The van der Waals surface area contributed by atoms with Crippen molar-refractivity contribution in [2.75, 3.05) is 18.4 Å². The Morgan fingerprint density at radius 2 is 1.78 bits per heavy atom. The van der Waals surface area contributed by atoms with E-state index in [1.165, 1.54) is 0 Å². The maximum atomic E-state index is 12.6. The number of anilines is 1. The third kappa shape index (κ3) is 4.03. The lowest BCUT2D eigenvalue weighted by atomic mass is 10.1. The lowest BCUT2D eigenvalue weighted by molar-refractivity contribution is -0.115. The van der Waals surface area contributed by atoms with Crippen LogP contribution in [0.2, 0.25) is 0 Å². The van der Waals surface area contributed by atoms with Crippen LogP contribution in [-0.2, 0) is 11.2 Å². The second kappa shape index (κ2) is 8.08. The molecule has 2 aromatic carbocycles. The second-order valence-corrected chi connectivity index (χ2v) is 6.56. The van der Waals surface area contributed by atoms with E-state index < -0.39 is 0 Å². The van der Waals surface area contributed by atoms with Crippen molar-refractivity contribution in [3.05, 3.63) is 65.4 Å². The Labute approximate surface area is 159 Å². The largest absolute Gasteiger partial charge is 0.358 e. The van der Waals surface area contributed by atoms with Gasteiger partial charge in [-0.2, -0.15) is 0 Å². The number of benzene rings is 2. The number of hydrogen-bond donors (Lipinski definition) is 2. The molecular formula is C22H25N3O2. The predicted octanol–water partition coefficient (Wildman–Crippen LogP) is 4.14. The van der Waals surface area contributed by atoms with Crippen molar-refractivity contribution in [2.24, 2.45) is 0 Å². The minimum absolute atomic E-state index is 0.0245. The van der Waals surface area contributed by atoms with Gasteiger partial charge in [-0.3, -0.25) is 9.59 Å². The molecule has 0 aliphatic rings. The predicted molar refractivity (Wildman–Crippen MR) is 109 cm³/mol. The standard InChI is InChI=1S/C22H25N3O2/c1-4-25(5-2)22(27)16-9-8-10-17(13-16)24-21(26)14-19-15(3)23-20-12-7-6-11-18(19)20/h6-13,23H,4-5,14H2,1-3H3,(H,24,26). The second-order valence-electron chi connectivity index (χ2n) is 6.56. The Morgan fingerprint density at radius 3 is 2.52 bits per heavy atom. The van der Waals surface area contributed by atoms with Crippen molar-refractivity contribution in [1.82, 2.24) is 9.88 Å². The van der Waals surface area contributed by atoms with E-state index in [0.717, 1.165) is 22.2 Å². The first-order chi connectivity index (χ1) is 13.0. The van der Waals surface area contributed by atoms with Gasteiger partial charge in [0, 0.05) is 40.9 Å². The maximum absolute atomic E-state index is 12.6. The molecule has 0 bridgehead atoms. The third-order valence-electron chi connectivity index (χ3n) is 4.81. The number of H-pyrrole nitrogens is 1. The molecule has 0 atom stereocenters. The van der Waals surface area contributed by atoms with Gasteiger partial charge in [-0.25, -0.2) is 0 Å². The molecule has 0 fully saturated rings. The molecular weight excluding hydrogens is 338 g/mol. The summed E-state index contributed by atoms with van der Waals surface area (Å²) in [5.41, 5.74) is 4.25. The highest BCUT2D eigenvalue weighted by atomic mass is 16.2. The van der Waals surface area contributed by atoms with Crippen LogP contribution in [0.25, 0.3) is 10.9 Å². The zero-order valence-electron chi connectivity index (χ0n) is 16.0. The highest BCUT2D eigenvalue weighted by Gasteiger charge is 2.15. The van der Waals surface area contributed by atoms with Gasteiger partial charge in [-0.05, 0) is 50.6 Å². The molecule has 3 aromatic rings. The third-order valence-corrected chi connectivity index (χ3v) is 4.81. The Balaban J connectivity index is 1.75. The highest BCUT2D eigenvalue weighted by molar-refractivity contribution is 5.99. The smallest absolute Gasteiger partial charge is 0.253 e. The lowest BCUT2D eigenvalue weighted by Gasteiger charge is -2.19. The Hall–Kier alpha value is -3.08. The van der Waals surface area contributed by atoms with Gasteiger partial charge in [0.1, 0.15) is 0 Å². The number of aromatic nitrogens is 1. The number of aromatic amines is 1. The van der Waals surface area contributed by atoms with E-state index in [4.69, 9.17) is 0 Å². The number of nitrogens with zero attached hydrogens (tertiary/aromatic N) is 1. The normalized spacial score (nSPS) is 10.8. The average molecular weight is 363 g/mol. The number of para-hydroxylation sites is 1. The van der Waals surface area contributed by atoms with Crippen LogP contribution in [0.15, 0.2) is 48.5 Å². The molecule has 1 aromatic heterocycles. The Kier molecular flexibility index (Phi) is 5.60. The van der Waals surface area contributed by atoms with E-state index in [-0.39, 0.29) is 18.2 Å². The van der Waals surface area contributed by atoms with Crippen molar-refractivity contribution >= 4 is 28.4 Å². The SMILES string of the molecule is CCN(CC)C(=O)c1cccc(NC(=O)Cc2c(C)[nH]c3ccccc23)c1. The number of hydrogen-bond acceptors (Lipinski definition) is 2. The monoisotopic (exact) mass is 363 g/mol. The number of carbonyl (C=O) groups is 2. The van der Waals surface area contributed by atoms with Crippen molar-refractivity contribution < 1.29 is 9.59 Å². The molecule has 0 unspecified atom stereocenters. The summed E-state index contributed by atoms with van der Waals surface area (Å²) in [7, 11) is 0. The Morgan fingerprint density at radius 1 is 1.04 bits per heavy atom. The highest BCUT2D eigenvalue weighted by Crippen LogP contribution is 2.23. The summed E-state index contributed by atoms with van der Waals surface area (Å²) in [5.74, 6) is -0.126. The first-order valence-electron chi connectivity index (χ1n) is 9.28. The van der Waals surface area contributed by atoms with Crippen LogP contribution in [0, 0.1) is 6.92 Å². The summed E-state index contributed by atoms with van der Waals surface area (Å²) in [4.78, 5) is 30.2. The van der Waals surface area contributed by atoms with E-state index in [0.29, 0.717) is 24.3 Å². The summed E-state index contributed by atoms with van der Waals surface area (Å²) in [6, 6.07) is 15.1. The molecule has 0 saturated heterocycles. The number of aryl methyl sites for hydroxylation is 1. The van der Waals surface area contributed by atoms with Gasteiger partial charge in [0.15, 0.2) is 0 Å². The number of carbonyl (C=O) groups excluding carboxylic acids is 2. The topological polar surface area (TPSA) is 65.2 Å². The van der Waals surface area contributed by atoms with Crippen molar-refractivity contribution in [1.29, 1.82) is 0 Å². The summed E-state index contributed by atoms with van der Waals surface area (Å²) in [6.45, 7) is 7.20. The molecule has 2 N–H and O–H groups in total. The number of nitrogens with one attached hydrogen (secondary N) is 2. The maximum Gasteiger partial charge on any atom is 0.253 e. The van der Waals surface area contributed by atoms with Crippen LogP contribution in [0.3, 0.4) is 0 Å². The van der Waals surface area contributed by atoms with Gasteiger partial charge < -0.3 is 15.2 Å². The van der Waals surface area contributed by atoms with Crippen molar-refractivity contribution in [2.45, 2.75) is 27.2 Å². The zero-order chi connectivity index (χ0) is 19.4. The fourth-order valence-electron chi connectivity index (χ4n) is 3.35. The van der Waals surface area contributed by atoms with E-state index in [1.54, 1.807) is 29.2 Å². The van der Waals surface area contributed by atoms with Gasteiger partial charge in [-0.15, -0.1) is 0 Å². The molecule has 0 radical (unpaired) electrons. The van der Waals surface area contributed by atoms with Crippen LogP contribution in [0.5, 0.6) is 0 Å². The van der Waals surface area contributed by atoms with Gasteiger partial charge in [0.2, 0.25) is 5.91 Å². The first kappa shape index (κ1) is 18.7. The number of amides is 2. The van der Waals surface area contributed by atoms with E-state index in [1.807, 2.05) is 45.0 Å². The van der Waals surface area contributed by atoms with Crippen LogP contribution in [-0.4, -0.2) is 34.8 Å².